The molecule has 0 aromatic rings. The first-order valence-corrected chi connectivity index (χ1v) is 6.54. The zero-order chi connectivity index (χ0) is 12.0. The summed E-state index contributed by atoms with van der Waals surface area (Å²) < 4.78 is 0. The lowest BCUT2D eigenvalue weighted by atomic mass is 9.49. The molecule has 1 nitrogen and oxygen atoms in total. The number of rotatable bonds is 1. The van der Waals surface area contributed by atoms with Crippen LogP contribution in [-0.4, -0.2) is 6.29 Å². The Hall–Kier alpha value is -0.590. The van der Waals surface area contributed by atoms with E-state index in [1.807, 2.05) is 0 Å². The number of allylic oxidation sites excluding steroid dienone is 2. The predicted octanol–water partition coefficient (Wildman–Crippen LogP) is 3.98. The Morgan fingerprint density at radius 1 is 1.31 bits per heavy atom. The summed E-state index contributed by atoms with van der Waals surface area (Å²) in [6.45, 7) is 9.23. The lowest BCUT2D eigenvalue weighted by molar-refractivity contribution is -0.119. The van der Waals surface area contributed by atoms with Gasteiger partial charge in [-0.2, -0.15) is 0 Å². The summed E-state index contributed by atoms with van der Waals surface area (Å²) in [5.41, 5.74) is 1.90. The average molecular weight is 220 g/mol. The van der Waals surface area contributed by atoms with E-state index in [-0.39, 0.29) is 11.3 Å². The van der Waals surface area contributed by atoms with E-state index in [0.29, 0.717) is 11.3 Å². The second-order valence-electron chi connectivity index (χ2n) is 6.70. The average Bonchev–Trinajstić information content (AvgIpc) is 2.15. The van der Waals surface area contributed by atoms with Gasteiger partial charge in [0.05, 0.1) is 0 Å². The molecular weight excluding hydrogens is 196 g/mol. The number of fused-ring (bicyclic) bond motifs is 1. The molecule has 0 aromatic carbocycles. The zero-order valence-corrected chi connectivity index (χ0v) is 11.0. The number of hydrogen-bond donors (Lipinski definition) is 0. The van der Waals surface area contributed by atoms with Gasteiger partial charge in [-0.3, -0.25) is 0 Å². The molecule has 0 N–H and O–H groups in total. The monoisotopic (exact) mass is 220 g/mol. The van der Waals surface area contributed by atoms with Gasteiger partial charge in [0.25, 0.3) is 0 Å². The fourth-order valence-corrected chi connectivity index (χ4v) is 4.34. The van der Waals surface area contributed by atoms with Crippen LogP contribution in [-0.2, 0) is 4.79 Å². The highest BCUT2D eigenvalue weighted by Gasteiger charge is 2.51. The lowest BCUT2D eigenvalue weighted by Gasteiger charge is -2.55. The van der Waals surface area contributed by atoms with Crippen molar-refractivity contribution in [3.05, 3.63) is 11.6 Å². The summed E-state index contributed by atoms with van der Waals surface area (Å²) in [5, 5.41) is 0. The second kappa shape index (κ2) is 3.72. The number of carbonyl (C=O) groups excluding carboxylic acids is 1. The highest BCUT2D eigenvalue weighted by molar-refractivity contribution is 5.61. The number of hydrogen-bond acceptors (Lipinski definition) is 1. The van der Waals surface area contributed by atoms with Crippen molar-refractivity contribution in [1.29, 1.82) is 0 Å². The van der Waals surface area contributed by atoms with Crippen LogP contribution in [0, 0.1) is 22.7 Å². The van der Waals surface area contributed by atoms with Crippen molar-refractivity contribution < 1.29 is 4.79 Å². The summed E-state index contributed by atoms with van der Waals surface area (Å²) in [7, 11) is 0. The van der Waals surface area contributed by atoms with Crippen LogP contribution >= 0.6 is 0 Å². The predicted molar refractivity (Wildman–Crippen MR) is 67.2 cm³/mol. The van der Waals surface area contributed by atoms with Crippen LogP contribution in [0.4, 0.5) is 0 Å². The van der Waals surface area contributed by atoms with Crippen LogP contribution in [0.1, 0.15) is 53.4 Å². The van der Waals surface area contributed by atoms with Crippen molar-refractivity contribution in [2.24, 2.45) is 22.7 Å². The smallest absolute Gasteiger partial charge is 0.127 e. The van der Waals surface area contributed by atoms with Gasteiger partial charge in [-0.25, -0.2) is 0 Å². The molecule has 0 radical (unpaired) electrons. The first-order valence-electron chi connectivity index (χ1n) is 6.54. The van der Waals surface area contributed by atoms with E-state index >= 15 is 0 Å². The lowest BCUT2D eigenvalue weighted by Crippen LogP contribution is -2.48. The van der Waals surface area contributed by atoms with Gasteiger partial charge in [-0.1, -0.05) is 38.8 Å². The molecule has 0 saturated heterocycles. The Labute approximate surface area is 99.3 Å². The van der Waals surface area contributed by atoms with E-state index in [2.05, 4.69) is 33.8 Å². The molecule has 0 heterocycles. The summed E-state index contributed by atoms with van der Waals surface area (Å²) in [4.78, 5) is 11.4. The first-order chi connectivity index (χ1) is 7.42. The van der Waals surface area contributed by atoms with Crippen molar-refractivity contribution >= 4 is 6.29 Å². The molecule has 1 fully saturated rings. The Kier molecular flexibility index (Phi) is 2.76. The maximum atomic E-state index is 11.4. The molecule has 0 aromatic heterocycles. The minimum absolute atomic E-state index is 0.158. The standard InChI is InChI=1S/C15H24O/c1-11-6-7-13-14(2,3)8-5-9-15(13,4)12(11)10-16/h6,10,12-13H,5,7-9H2,1-4H3/t12-,13-,15+/m0/s1. The Morgan fingerprint density at radius 2 is 2.00 bits per heavy atom. The van der Waals surface area contributed by atoms with Crippen LogP contribution in [0.5, 0.6) is 0 Å². The van der Waals surface area contributed by atoms with Crippen molar-refractivity contribution in [1.82, 2.24) is 0 Å². The number of aldehydes is 1. The largest absolute Gasteiger partial charge is 0.303 e. The third kappa shape index (κ3) is 1.56. The van der Waals surface area contributed by atoms with Crippen LogP contribution < -0.4 is 0 Å². The SMILES string of the molecule is CC1=CC[C@H]2C(C)(C)CCC[C@]2(C)[C@H]1C=O. The molecule has 0 bridgehead atoms. The Balaban J connectivity index is 2.42. The van der Waals surface area contributed by atoms with E-state index in [9.17, 15) is 4.79 Å². The minimum atomic E-state index is 0.158. The summed E-state index contributed by atoms with van der Waals surface area (Å²) in [6.07, 6.45) is 8.47. The molecule has 16 heavy (non-hydrogen) atoms. The molecule has 3 atom stereocenters. The van der Waals surface area contributed by atoms with Gasteiger partial charge in [0.1, 0.15) is 6.29 Å². The van der Waals surface area contributed by atoms with Crippen molar-refractivity contribution in [3.8, 4) is 0 Å². The van der Waals surface area contributed by atoms with E-state index in [1.54, 1.807) is 0 Å². The van der Waals surface area contributed by atoms with Gasteiger partial charge in [-0.05, 0) is 42.9 Å². The van der Waals surface area contributed by atoms with Crippen LogP contribution in [0.15, 0.2) is 11.6 Å². The fourth-order valence-electron chi connectivity index (χ4n) is 4.34. The Morgan fingerprint density at radius 3 is 2.62 bits per heavy atom. The van der Waals surface area contributed by atoms with Crippen LogP contribution in [0.2, 0.25) is 0 Å². The maximum Gasteiger partial charge on any atom is 0.127 e. The molecule has 0 spiro atoms. The third-order valence-electron chi connectivity index (χ3n) is 5.29. The van der Waals surface area contributed by atoms with E-state index in [0.717, 1.165) is 0 Å². The van der Waals surface area contributed by atoms with Gasteiger partial charge < -0.3 is 4.79 Å². The highest BCUT2D eigenvalue weighted by Crippen LogP contribution is 2.58. The summed E-state index contributed by atoms with van der Waals surface area (Å²) in [6, 6.07) is 0. The summed E-state index contributed by atoms with van der Waals surface area (Å²) in [5.74, 6) is 0.832. The van der Waals surface area contributed by atoms with Crippen LogP contribution in [0.25, 0.3) is 0 Å². The molecule has 2 rings (SSSR count). The van der Waals surface area contributed by atoms with Crippen molar-refractivity contribution in [2.45, 2.75) is 53.4 Å². The number of carbonyl (C=O) groups is 1. The second-order valence-corrected chi connectivity index (χ2v) is 6.70. The normalized spacial score (nSPS) is 42.1. The van der Waals surface area contributed by atoms with E-state index in [4.69, 9.17) is 0 Å². The van der Waals surface area contributed by atoms with Crippen molar-refractivity contribution in [2.75, 3.05) is 0 Å². The molecule has 0 unspecified atom stereocenters. The molecule has 1 saturated carbocycles. The van der Waals surface area contributed by atoms with Gasteiger partial charge in [0, 0.05) is 5.92 Å². The molecule has 0 aliphatic heterocycles. The Bertz CT molecular complexity index is 326. The minimum Gasteiger partial charge on any atom is -0.303 e. The van der Waals surface area contributed by atoms with Gasteiger partial charge in [0.2, 0.25) is 0 Å². The quantitative estimate of drug-likeness (QED) is 0.482. The molecule has 2 aliphatic carbocycles. The maximum absolute atomic E-state index is 11.4. The molecule has 90 valence electrons. The molecule has 1 heteroatoms. The first kappa shape index (κ1) is 11.9. The fraction of sp³-hybridized carbons (Fsp3) is 0.800. The van der Waals surface area contributed by atoms with Gasteiger partial charge in [-0.15, -0.1) is 0 Å². The van der Waals surface area contributed by atoms with Crippen LogP contribution in [0.3, 0.4) is 0 Å². The zero-order valence-electron chi connectivity index (χ0n) is 11.0. The van der Waals surface area contributed by atoms with Gasteiger partial charge in [0.15, 0.2) is 0 Å². The molecular formula is C15H24O. The summed E-state index contributed by atoms with van der Waals surface area (Å²) >= 11 is 0. The van der Waals surface area contributed by atoms with E-state index in [1.165, 1.54) is 37.5 Å². The van der Waals surface area contributed by atoms with E-state index < -0.39 is 0 Å². The molecule has 0 amide bonds. The highest BCUT2D eigenvalue weighted by atomic mass is 16.1. The van der Waals surface area contributed by atoms with Gasteiger partial charge >= 0.3 is 0 Å². The third-order valence-corrected chi connectivity index (χ3v) is 5.29. The van der Waals surface area contributed by atoms with Crippen molar-refractivity contribution in [3.63, 3.8) is 0 Å². The topological polar surface area (TPSA) is 17.1 Å². The molecule has 2 aliphatic rings.